The van der Waals surface area contributed by atoms with Gasteiger partial charge in [0.1, 0.15) is 11.6 Å². The van der Waals surface area contributed by atoms with Crippen LogP contribution in [0.25, 0.3) is 0 Å². The zero-order valence-electron chi connectivity index (χ0n) is 13.4. The van der Waals surface area contributed by atoms with Crippen LogP contribution in [0.1, 0.15) is 58.4 Å². The second kappa shape index (κ2) is 6.04. The van der Waals surface area contributed by atoms with E-state index in [1.54, 1.807) is 0 Å². The molecule has 0 unspecified atom stereocenters. The SMILES string of the molecule is CCC(C)(C)C1CCC(N)(Cc2ccc(F)cc2F)CC1. The third-order valence-corrected chi connectivity index (χ3v) is 5.56. The van der Waals surface area contributed by atoms with E-state index in [4.69, 9.17) is 5.73 Å². The molecule has 0 aromatic heterocycles. The van der Waals surface area contributed by atoms with E-state index < -0.39 is 11.6 Å². The number of nitrogens with two attached hydrogens (primary N) is 1. The molecule has 0 saturated heterocycles. The third kappa shape index (κ3) is 3.82. The Hall–Kier alpha value is -0.960. The van der Waals surface area contributed by atoms with E-state index >= 15 is 0 Å². The molecule has 2 N–H and O–H groups in total. The summed E-state index contributed by atoms with van der Waals surface area (Å²) in [5.41, 5.74) is 7.02. The van der Waals surface area contributed by atoms with Crippen LogP contribution in [-0.4, -0.2) is 5.54 Å². The average molecular weight is 295 g/mol. The van der Waals surface area contributed by atoms with Gasteiger partial charge in [-0.15, -0.1) is 0 Å². The second-order valence-electron chi connectivity index (χ2n) is 7.39. The second-order valence-corrected chi connectivity index (χ2v) is 7.39. The molecule has 1 aromatic rings. The summed E-state index contributed by atoms with van der Waals surface area (Å²) in [5.74, 6) is -0.316. The van der Waals surface area contributed by atoms with Gasteiger partial charge < -0.3 is 5.73 Å². The van der Waals surface area contributed by atoms with Crippen LogP contribution in [0.2, 0.25) is 0 Å². The Balaban J connectivity index is 2.02. The highest BCUT2D eigenvalue weighted by molar-refractivity contribution is 5.21. The van der Waals surface area contributed by atoms with Gasteiger partial charge in [-0.05, 0) is 55.1 Å². The van der Waals surface area contributed by atoms with E-state index in [1.807, 2.05) is 0 Å². The van der Waals surface area contributed by atoms with Crippen molar-refractivity contribution in [1.29, 1.82) is 0 Å². The van der Waals surface area contributed by atoms with Gasteiger partial charge in [-0.1, -0.05) is 33.3 Å². The van der Waals surface area contributed by atoms with Gasteiger partial charge in [0.25, 0.3) is 0 Å². The molecule has 0 bridgehead atoms. The molecule has 1 saturated carbocycles. The average Bonchev–Trinajstić information content (AvgIpc) is 2.42. The first kappa shape index (κ1) is 16.4. The van der Waals surface area contributed by atoms with Crippen LogP contribution in [0.5, 0.6) is 0 Å². The molecule has 118 valence electrons. The lowest BCUT2D eigenvalue weighted by atomic mass is 9.65. The number of hydrogen-bond donors (Lipinski definition) is 1. The summed E-state index contributed by atoms with van der Waals surface area (Å²) in [5, 5.41) is 0. The minimum absolute atomic E-state index is 0.348. The van der Waals surface area contributed by atoms with Crippen molar-refractivity contribution in [2.75, 3.05) is 0 Å². The topological polar surface area (TPSA) is 26.0 Å². The molecule has 0 spiro atoms. The largest absolute Gasteiger partial charge is 0.325 e. The Morgan fingerprint density at radius 1 is 1.24 bits per heavy atom. The normalized spacial score (nSPS) is 26.9. The van der Waals surface area contributed by atoms with Crippen LogP contribution in [-0.2, 0) is 6.42 Å². The molecule has 0 radical (unpaired) electrons. The van der Waals surface area contributed by atoms with Crippen LogP contribution in [0.3, 0.4) is 0 Å². The van der Waals surface area contributed by atoms with Crippen molar-refractivity contribution in [1.82, 2.24) is 0 Å². The first-order valence-corrected chi connectivity index (χ1v) is 7.98. The van der Waals surface area contributed by atoms with Crippen molar-refractivity contribution in [3.63, 3.8) is 0 Å². The van der Waals surface area contributed by atoms with Crippen molar-refractivity contribution in [3.05, 3.63) is 35.4 Å². The lowest BCUT2D eigenvalue weighted by molar-refractivity contribution is 0.115. The minimum Gasteiger partial charge on any atom is -0.325 e. The van der Waals surface area contributed by atoms with Crippen LogP contribution < -0.4 is 5.73 Å². The lowest BCUT2D eigenvalue weighted by Crippen LogP contribution is -2.47. The van der Waals surface area contributed by atoms with Gasteiger partial charge in [-0.3, -0.25) is 0 Å². The van der Waals surface area contributed by atoms with Gasteiger partial charge >= 0.3 is 0 Å². The fraction of sp³-hybridized carbons (Fsp3) is 0.667. The number of halogens is 2. The molecule has 1 aliphatic rings. The first-order chi connectivity index (χ1) is 9.76. The van der Waals surface area contributed by atoms with Gasteiger partial charge in [0, 0.05) is 11.6 Å². The summed E-state index contributed by atoms with van der Waals surface area (Å²) in [6.45, 7) is 6.87. The lowest BCUT2D eigenvalue weighted by Gasteiger charge is -2.43. The van der Waals surface area contributed by atoms with E-state index in [-0.39, 0.29) is 5.54 Å². The van der Waals surface area contributed by atoms with Crippen molar-refractivity contribution in [2.24, 2.45) is 17.1 Å². The molecule has 1 fully saturated rings. The summed E-state index contributed by atoms with van der Waals surface area (Å²) in [6.07, 6.45) is 5.69. The molecule has 3 heteroatoms. The Morgan fingerprint density at radius 2 is 1.86 bits per heavy atom. The van der Waals surface area contributed by atoms with Crippen LogP contribution in [0.4, 0.5) is 8.78 Å². The maximum absolute atomic E-state index is 13.8. The zero-order chi connectivity index (χ0) is 15.7. The van der Waals surface area contributed by atoms with E-state index in [0.29, 0.717) is 23.3 Å². The van der Waals surface area contributed by atoms with E-state index in [2.05, 4.69) is 20.8 Å². The fourth-order valence-electron chi connectivity index (χ4n) is 3.48. The highest BCUT2D eigenvalue weighted by Gasteiger charge is 2.37. The first-order valence-electron chi connectivity index (χ1n) is 7.98. The Bertz CT molecular complexity index is 488. The molecule has 2 rings (SSSR count). The Labute approximate surface area is 126 Å². The fourth-order valence-corrected chi connectivity index (χ4v) is 3.48. The maximum atomic E-state index is 13.8. The van der Waals surface area contributed by atoms with E-state index in [9.17, 15) is 8.78 Å². The maximum Gasteiger partial charge on any atom is 0.129 e. The number of benzene rings is 1. The summed E-state index contributed by atoms with van der Waals surface area (Å²) < 4.78 is 26.8. The van der Waals surface area contributed by atoms with Gasteiger partial charge in [0.05, 0.1) is 0 Å². The monoisotopic (exact) mass is 295 g/mol. The van der Waals surface area contributed by atoms with Crippen molar-refractivity contribution < 1.29 is 8.78 Å². The zero-order valence-corrected chi connectivity index (χ0v) is 13.4. The number of rotatable bonds is 4. The standard InChI is InChI=1S/C18H27F2N/c1-4-17(2,3)14-7-9-18(21,10-8-14)12-13-5-6-15(19)11-16(13)20/h5-6,11,14H,4,7-10,12,21H2,1-3H3. The number of hydrogen-bond acceptors (Lipinski definition) is 1. The van der Waals surface area contributed by atoms with Crippen LogP contribution in [0, 0.1) is 23.0 Å². The molecule has 0 amide bonds. The molecule has 1 aliphatic carbocycles. The highest BCUT2D eigenvalue weighted by atomic mass is 19.1. The molecule has 0 heterocycles. The smallest absolute Gasteiger partial charge is 0.129 e. The molecule has 21 heavy (non-hydrogen) atoms. The van der Waals surface area contributed by atoms with E-state index in [0.717, 1.165) is 31.7 Å². The van der Waals surface area contributed by atoms with Crippen molar-refractivity contribution in [2.45, 2.75) is 64.8 Å². The Morgan fingerprint density at radius 3 is 2.38 bits per heavy atom. The molecular weight excluding hydrogens is 268 g/mol. The molecular formula is C18H27F2N. The third-order valence-electron chi connectivity index (χ3n) is 5.56. The molecule has 0 atom stereocenters. The van der Waals surface area contributed by atoms with Gasteiger partial charge in [0.15, 0.2) is 0 Å². The van der Waals surface area contributed by atoms with Gasteiger partial charge in [-0.25, -0.2) is 8.78 Å². The molecule has 1 nitrogen and oxygen atoms in total. The van der Waals surface area contributed by atoms with E-state index in [1.165, 1.54) is 18.6 Å². The van der Waals surface area contributed by atoms with Gasteiger partial charge in [-0.2, -0.15) is 0 Å². The Kier molecular flexibility index (Phi) is 4.72. The summed E-state index contributed by atoms with van der Waals surface area (Å²) in [6, 6.07) is 3.79. The quantitative estimate of drug-likeness (QED) is 0.845. The van der Waals surface area contributed by atoms with Crippen LogP contribution in [0.15, 0.2) is 18.2 Å². The minimum atomic E-state index is -0.532. The predicted octanol–water partition coefficient (Wildman–Crippen LogP) is 4.83. The summed E-state index contributed by atoms with van der Waals surface area (Å²) >= 11 is 0. The summed E-state index contributed by atoms with van der Waals surface area (Å²) in [4.78, 5) is 0. The van der Waals surface area contributed by atoms with Crippen LogP contribution >= 0.6 is 0 Å². The van der Waals surface area contributed by atoms with Crippen molar-refractivity contribution >= 4 is 0 Å². The predicted molar refractivity (Wildman–Crippen MR) is 83.0 cm³/mol. The molecule has 1 aromatic carbocycles. The molecule has 0 aliphatic heterocycles. The van der Waals surface area contributed by atoms with Crippen molar-refractivity contribution in [3.8, 4) is 0 Å². The summed E-state index contributed by atoms with van der Waals surface area (Å²) in [7, 11) is 0. The highest BCUT2D eigenvalue weighted by Crippen LogP contribution is 2.43. The van der Waals surface area contributed by atoms with Gasteiger partial charge in [0.2, 0.25) is 0 Å².